The Hall–Kier alpha value is -0.660. The lowest BCUT2D eigenvalue weighted by molar-refractivity contribution is -0.122. The highest BCUT2D eigenvalue weighted by atomic mass is 32.2. The first-order valence-electron chi connectivity index (χ1n) is 5.62. The molecule has 0 aromatic heterocycles. The van der Waals surface area contributed by atoms with Crippen molar-refractivity contribution in [1.82, 2.24) is 5.43 Å². The van der Waals surface area contributed by atoms with Crippen molar-refractivity contribution in [3.8, 4) is 0 Å². The van der Waals surface area contributed by atoms with E-state index in [4.69, 9.17) is 10.6 Å². The molecule has 1 aliphatic rings. The third kappa shape index (κ3) is 3.17. The maximum Gasteiger partial charge on any atom is 0.254 e. The van der Waals surface area contributed by atoms with Gasteiger partial charge in [-0.25, -0.2) is 14.3 Å². The van der Waals surface area contributed by atoms with Gasteiger partial charge in [-0.15, -0.1) is 0 Å². The molecule has 1 amide bonds. The highest BCUT2D eigenvalue weighted by Crippen LogP contribution is 2.24. The molecule has 17 heavy (non-hydrogen) atoms. The van der Waals surface area contributed by atoms with Crippen molar-refractivity contribution in [3.05, 3.63) is 0 Å². The Morgan fingerprint density at radius 1 is 1.41 bits per heavy atom. The van der Waals surface area contributed by atoms with Gasteiger partial charge in [-0.3, -0.25) is 10.2 Å². The second-order valence-corrected chi connectivity index (χ2v) is 7.40. The first-order valence-corrected chi connectivity index (χ1v) is 7.27. The highest BCUT2D eigenvalue weighted by molar-refractivity contribution is 7.93. The average molecular weight is 264 g/mol. The van der Waals surface area contributed by atoms with Crippen molar-refractivity contribution < 1.29 is 17.9 Å². The number of sulfone groups is 1. The van der Waals surface area contributed by atoms with E-state index in [0.29, 0.717) is 13.2 Å². The van der Waals surface area contributed by atoms with Crippen LogP contribution in [0.25, 0.3) is 0 Å². The van der Waals surface area contributed by atoms with Gasteiger partial charge in [0.1, 0.15) is 4.75 Å². The smallest absolute Gasteiger partial charge is 0.254 e. The summed E-state index contributed by atoms with van der Waals surface area (Å²) >= 11 is 0. The van der Waals surface area contributed by atoms with Crippen molar-refractivity contribution >= 4 is 15.7 Å². The Kier molecular flexibility index (Phi) is 4.51. The summed E-state index contributed by atoms with van der Waals surface area (Å²) in [5, 5.41) is 0. The van der Waals surface area contributed by atoms with Gasteiger partial charge in [0.25, 0.3) is 5.91 Å². The van der Waals surface area contributed by atoms with Gasteiger partial charge >= 0.3 is 0 Å². The van der Waals surface area contributed by atoms with Crippen molar-refractivity contribution in [1.29, 1.82) is 0 Å². The molecule has 1 fully saturated rings. The molecule has 6 nitrogen and oxygen atoms in total. The summed E-state index contributed by atoms with van der Waals surface area (Å²) in [4.78, 5) is 11.5. The monoisotopic (exact) mass is 264 g/mol. The molecule has 0 aromatic carbocycles. The van der Waals surface area contributed by atoms with Crippen LogP contribution in [0.4, 0.5) is 0 Å². The van der Waals surface area contributed by atoms with Gasteiger partial charge in [-0.05, 0) is 32.6 Å². The third-order valence-corrected chi connectivity index (χ3v) is 5.90. The number of amides is 1. The number of hydrogen-bond acceptors (Lipinski definition) is 5. The van der Waals surface area contributed by atoms with Crippen LogP contribution in [0.2, 0.25) is 0 Å². The quantitative estimate of drug-likeness (QED) is 0.409. The van der Waals surface area contributed by atoms with Crippen LogP contribution in [0.1, 0.15) is 26.7 Å². The molecule has 1 heterocycles. The van der Waals surface area contributed by atoms with Gasteiger partial charge in [-0.1, -0.05) is 0 Å². The summed E-state index contributed by atoms with van der Waals surface area (Å²) in [6.45, 7) is 3.93. The Labute approximate surface area is 102 Å². The minimum atomic E-state index is -3.52. The minimum absolute atomic E-state index is 0.0107. The van der Waals surface area contributed by atoms with Crippen LogP contribution >= 0.6 is 0 Å². The topological polar surface area (TPSA) is 98.5 Å². The molecule has 1 rings (SSSR count). The van der Waals surface area contributed by atoms with Crippen LogP contribution in [0.3, 0.4) is 0 Å². The number of hydrogen-bond donors (Lipinski definition) is 2. The van der Waals surface area contributed by atoms with Gasteiger partial charge in [-0.2, -0.15) is 0 Å². The fourth-order valence-corrected chi connectivity index (χ4v) is 3.46. The lowest BCUT2D eigenvalue weighted by Gasteiger charge is -2.27. The van der Waals surface area contributed by atoms with Crippen molar-refractivity contribution in [2.45, 2.75) is 31.4 Å². The molecule has 0 aromatic rings. The van der Waals surface area contributed by atoms with E-state index >= 15 is 0 Å². The predicted molar refractivity (Wildman–Crippen MR) is 63.7 cm³/mol. The molecule has 0 saturated carbocycles. The minimum Gasteiger partial charge on any atom is -0.381 e. The molecule has 0 atom stereocenters. The zero-order valence-corrected chi connectivity index (χ0v) is 11.0. The van der Waals surface area contributed by atoms with E-state index in [1.807, 2.05) is 5.43 Å². The van der Waals surface area contributed by atoms with Crippen LogP contribution in [0.5, 0.6) is 0 Å². The molecular weight excluding hydrogens is 244 g/mol. The number of hydrazine groups is 1. The molecule has 100 valence electrons. The van der Waals surface area contributed by atoms with E-state index in [1.165, 1.54) is 13.8 Å². The first-order chi connectivity index (χ1) is 7.81. The number of carbonyl (C=O) groups is 1. The number of rotatable bonds is 4. The molecular formula is C10H20N2O4S. The largest absolute Gasteiger partial charge is 0.381 e. The number of ether oxygens (including phenoxy) is 1. The summed E-state index contributed by atoms with van der Waals surface area (Å²) in [6, 6.07) is 0. The lowest BCUT2D eigenvalue weighted by Crippen LogP contribution is -2.52. The van der Waals surface area contributed by atoms with Gasteiger partial charge in [0, 0.05) is 13.2 Å². The first kappa shape index (κ1) is 14.4. The van der Waals surface area contributed by atoms with E-state index in [0.717, 1.165) is 12.8 Å². The second-order valence-electron chi connectivity index (χ2n) is 4.82. The SMILES string of the molecule is CC(C)(C(=O)NN)S(=O)(=O)CC1CCOCC1. The van der Waals surface area contributed by atoms with Gasteiger partial charge in [0.05, 0.1) is 5.75 Å². The molecule has 0 aliphatic carbocycles. The summed E-state index contributed by atoms with van der Waals surface area (Å²) in [5.74, 6) is 4.41. The number of nitrogens with one attached hydrogen (secondary N) is 1. The Bertz CT molecular complexity index is 372. The maximum atomic E-state index is 12.2. The van der Waals surface area contributed by atoms with E-state index < -0.39 is 20.5 Å². The predicted octanol–water partition coefficient (Wildman–Crippen LogP) is -0.404. The molecule has 0 unspecified atom stereocenters. The summed E-state index contributed by atoms with van der Waals surface area (Å²) in [5.41, 5.74) is 1.91. The van der Waals surface area contributed by atoms with Crippen LogP contribution < -0.4 is 11.3 Å². The molecule has 1 saturated heterocycles. The van der Waals surface area contributed by atoms with Gasteiger partial charge in [0.15, 0.2) is 9.84 Å². The fourth-order valence-electron chi connectivity index (χ4n) is 1.75. The van der Waals surface area contributed by atoms with Crippen LogP contribution in [0.15, 0.2) is 0 Å². The number of nitrogens with two attached hydrogens (primary N) is 1. The molecule has 7 heteroatoms. The molecule has 0 radical (unpaired) electrons. The zero-order chi connectivity index (χ0) is 13.1. The zero-order valence-electron chi connectivity index (χ0n) is 10.2. The van der Waals surface area contributed by atoms with E-state index in [9.17, 15) is 13.2 Å². The Morgan fingerprint density at radius 2 is 1.94 bits per heavy atom. The fraction of sp³-hybridized carbons (Fsp3) is 0.900. The Morgan fingerprint density at radius 3 is 2.41 bits per heavy atom. The molecule has 0 spiro atoms. The van der Waals surface area contributed by atoms with Crippen LogP contribution in [-0.2, 0) is 19.4 Å². The van der Waals surface area contributed by atoms with E-state index in [1.54, 1.807) is 0 Å². The molecule has 1 aliphatic heterocycles. The van der Waals surface area contributed by atoms with Gasteiger partial charge < -0.3 is 4.74 Å². The van der Waals surface area contributed by atoms with E-state index in [2.05, 4.69) is 0 Å². The third-order valence-electron chi connectivity index (χ3n) is 3.25. The average Bonchev–Trinajstić information content (AvgIpc) is 2.28. The second kappa shape index (κ2) is 5.32. The maximum absolute atomic E-state index is 12.2. The van der Waals surface area contributed by atoms with Crippen molar-refractivity contribution in [2.75, 3.05) is 19.0 Å². The Balaban J connectivity index is 2.76. The van der Waals surface area contributed by atoms with Crippen LogP contribution in [0, 0.1) is 5.92 Å². The molecule has 3 N–H and O–H groups in total. The van der Waals surface area contributed by atoms with E-state index in [-0.39, 0.29) is 11.7 Å². The highest BCUT2D eigenvalue weighted by Gasteiger charge is 2.42. The summed E-state index contributed by atoms with van der Waals surface area (Å²) in [7, 11) is -3.52. The normalized spacial score (nSPS) is 19.0. The summed E-state index contributed by atoms with van der Waals surface area (Å²) < 4.78 is 28.0. The standard InChI is InChI=1S/C10H20N2O4S/c1-10(2,9(13)12-11)17(14,15)7-8-3-5-16-6-4-8/h8H,3-7,11H2,1-2H3,(H,12,13). The van der Waals surface area contributed by atoms with Gasteiger partial charge in [0.2, 0.25) is 0 Å². The lowest BCUT2D eigenvalue weighted by atomic mass is 10.0. The van der Waals surface area contributed by atoms with Crippen LogP contribution in [-0.4, -0.2) is 38.0 Å². The van der Waals surface area contributed by atoms with Crippen molar-refractivity contribution in [3.63, 3.8) is 0 Å². The van der Waals surface area contributed by atoms with Crippen molar-refractivity contribution in [2.24, 2.45) is 11.8 Å². The number of carbonyl (C=O) groups excluding carboxylic acids is 1. The summed E-state index contributed by atoms with van der Waals surface area (Å²) in [6.07, 6.45) is 1.44. The molecule has 0 bridgehead atoms.